The first-order chi connectivity index (χ1) is 14.5. The monoisotopic (exact) mass is 404 g/mol. The van der Waals surface area contributed by atoms with E-state index in [0.717, 1.165) is 46.8 Å². The summed E-state index contributed by atoms with van der Waals surface area (Å²) in [6, 6.07) is 15.8. The maximum atomic E-state index is 13.3. The van der Waals surface area contributed by atoms with Crippen molar-refractivity contribution >= 4 is 23.1 Å². The largest absolute Gasteiger partial charge is 0.494 e. The third-order valence-corrected chi connectivity index (χ3v) is 5.89. The Morgan fingerprint density at radius 2 is 1.70 bits per heavy atom. The number of anilines is 2. The van der Waals surface area contributed by atoms with Crippen LogP contribution in [0.15, 0.2) is 59.8 Å². The molecular weight excluding hydrogens is 376 g/mol. The summed E-state index contributed by atoms with van der Waals surface area (Å²) in [5, 5.41) is 0. The van der Waals surface area contributed by atoms with E-state index in [-0.39, 0.29) is 17.6 Å². The fourth-order valence-electron chi connectivity index (χ4n) is 4.44. The lowest BCUT2D eigenvalue weighted by molar-refractivity contribution is -0.119. The molecule has 1 aliphatic carbocycles. The van der Waals surface area contributed by atoms with Gasteiger partial charge in [-0.3, -0.25) is 14.5 Å². The molecule has 1 heterocycles. The third-order valence-electron chi connectivity index (χ3n) is 5.89. The Kier molecular flexibility index (Phi) is 5.62. The van der Waals surface area contributed by atoms with Gasteiger partial charge in [-0.05, 0) is 61.7 Å². The molecule has 2 aromatic rings. The maximum absolute atomic E-state index is 13.3. The highest BCUT2D eigenvalue weighted by atomic mass is 16.5. The minimum absolute atomic E-state index is 0.0364. The van der Waals surface area contributed by atoms with E-state index in [1.807, 2.05) is 74.4 Å². The van der Waals surface area contributed by atoms with Crippen molar-refractivity contribution in [3.63, 3.8) is 0 Å². The molecule has 0 radical (unpaired) electrons. The van der Waals surface area contributed by atoms with E-state index in [0.29, 0.717) is 19.4 Å². The zero-order valence-corrected chi connectivity index (χ0v) is 17.9. The number of ether oxygens (including phenoxy) is 1. The van der Waals surface area contributed by atoms with Crippen LogP contribution < -0.4 is 14.5 Å². The number of allylic oxidation sites excluding steroid dienone is 2. The topological polar surface area (TPSA) is 49.9 Å². The fourth-order valence-corrected chi connectivity index (χ4v) is 4.44. The van der Waals surface area contributed by atoms with Gasteiger partial charge in [-0.15, -0.1) is 0 Å². The van der Waals surface area contributed by atoms with E-state index in [9.17, 15) is 9.59 Å². The van der Waals surface area contributed by atoms with E-state index in [4.69, 9.17) is 4.74 Å². The molecule has 2 aliphatic rings. The Morgan fingerprint density at radius 3 is 2.33 bits per heavy atom. The molecule has 5 nitrogen and oxygen atoms in total. The van der Waals surface area contributed by atoms with Gasteiger partial charge < -0.3 is 9.64 Å². The van der Waals surface area contributed by atoms with Crippen LogP contribution in [0, 0.1) is 0 Å². The molecule has 0 aromatic heterocycles. The van der Waals surface area contributed by atoms with Crippen molar-refractivity contribution in [2.45, 2.75) is 38.5 Å². The van der Waals surface area contributed by atoms with Gasteiger partial charge in [-0.25, -0.2) is 0 Å². The summed E-state index contributed by atoms with van der Waals surface area (Å²) in [6.45, 7) is 2.54. The number of hydrogen-bond donors (Lipinski definition) is 0. The van der Waals surface area contributed by atoms with Crippen LogP contribution in [0.25, 0.3) is 0 Å². The smallest absolute Gasteiger partial charge is 0.232 e. The van der Waals surface area contributed by atoms with Crippen molar-refractivity contribution in [2.24, 2.45) is 0 Å². The quantitative estimate of drug-likeness (QED) is 0.726. The minimum atomic E-state index is -0.171. The van der Waals surface area contributed by atoms with Crippen LogP contribution in [-0.2, 0) is 9.59 Å². The van der Waals surface area contributed by atoms with Gasteiger partial charge in [0.1, 0.15) is 5.75 Å². The number of rotatable bonds is 5. The first-order valence-corrected chi connectivity index (χ1v) is 10.6. The zero-order chi connectivity index (χ0) is 21.3. The Balaban J connectivity index is 1.74. The van der Waals surface area contributed by atoms with E-state index in [1.54, 1.807) is 4.90 Å². The predicted molar refractivity (Wildman–Crippen MR) is 119 cm³/mol. The zero-order valence-electron chi connectivity index (χ0n) is 17.9. The number of ketones is 1. The number of Topliss-reactive ketones (excluding diaryl/α,β-unsaturated/α-hetero) is 1. The molecule has 0 spiro atoms. The highest BCUT2D eigenvalue weighted by molar-refractivity contribution is 6.07. The Labute approximate surface area is 177 Å². The average molecular weight is 405 g/mol. The van der Waals surface area contributed by atoms with Gasteiger partial charge in [0, 0.05) is 55.5 Å². The highest BCUT2D eigenvalue weighted by Gasteiger charge is 2.39. The summed E-state index contributed by atoms with van der Waals surface area (Å²) in [7, 11) is 4.00. The second-order valence-electron chi connectivity index (χ2n) is 8.04. The number of amides is 1. The van der Waals surface area contributed by atoms with E-state index >= 15 is 0 Å². The Bertz CT molecular complexity index is 974. The van der Waals surface area contributed by atoms with E-state index in [2.05, 4.69) is 0 Å². The first-order valence-electron chi connectivity index (χ1n) is 10.6. The average Bonchev–Trinajstić information content (AvgIpc) is 2.74. The number of benzene rings is 2. The molecule has 0 fully saturated rings. The molecule has 4 rings (SSSR count). The minimum Gasteiger partial charge on any atom is -0.494 e. The molecule has 1 atom stereocenters. The van der Waals surface area contributed by atoms with Crippen molar-refractivity contribution < 1.29 is 14.3 Å². The molecule has 5 heteroatoms. The van der Waals surface area contributed by atoms with E-state index in [1.165, 1.54) is 0 Å². The summed E-state index contributed by atoms with van der Waals surface area (Å²) >= 11 is 0. The third kappa shape index (κ3) is 3.72. The summed E-state index contributed by atoms with van der Waals surface area (Å²) in [4.78, 5) is 30.1. The van der Waals surface area contributed by atoms with Gasteiger partial charge >= 0.3 is 0 Å². The van der Waals surface area contributed by atoms with Crippen molar-refractivity contribution in [3.05, 3.63) is 65.4 Å². The summed E-state index contributed by atoms with van der Waals surface area (Å²) in [5.41, 5.74) is 4.61. The van der Waals surface area contributed by atoms with Gasteiger partial charge in [0.05, 0.1) is 6.61 Å². The normalized spacial score (nSPS) is 19.0. The van der Waals surface area contributed by atoms with Crippen molar-refractivity contribution in [2.75, 3.05) is 30.5 Å². The number of nitrogens with zero attached hydrogens (tertiary/aromatic N) is 2. The Morgan fingerprint density at radius 1 is 1.00 bits per heavy atom. The fraction of sp³-hybridized carbons (Fsp3) is 0.360. The molecule has 156 valence electrons. The van der Waals surface area contributed by atoms with Crippen LogP contribution in [-0.4, -0.2) is 32.4 Å². The molecule has 0 N–H and O–H groups in total. The lowest BCUT2D eigenvalue weighted by atomic mass is 9.77. The molecule has 0 saturated heterocycles. The maximum Gasteiger partial charge on any atom is 0.232 e. The number of hydrogen-bond acceptors (Lipinski definition) is 4. The second kappa shape index (κ2) is 8.34. The summed E-state index contributed by atoms with van der Waals surface area (Å²) in [6.07, 6.45) is 2.38. The molecule has 30 heavy (non-hydrogen) atoms. The first kappa shape index (κ1) is 20.2. The highest BCUT2D eigenvalue weighted by Crippen LogP contribution is 2.43. The predicted octanol–water partition coefficient (Wildman–Crippen LogP) is 4.68. The van der Waals surface area contributed by atoms with Gasteiger partial charge in [0.2, 0.25) is 5.91 Å². The molecule has 0 bridgehead atoms. The lowest BCUT2D eigenvalue weighted by Gasteiger charge is -2.38. The molecule has 2 aromatic carbocycles. The van der Waals surface area contributed by atoms with Crippen LogP contribution in [0.5, 0.6) is 5.75 Å². The van der Waals surface area contributed by atoms with Gasteiger partial charge in [-0.1, -0.05) is 12.1 Å². The van der Waals surface area contributed by atoms with Crippen molar-refractivity contribution in [3.8, 4) is 5.75 Å². The van der Waals surface area contributed by atoms with Gasteiger partial charge in [-0.2, -0.15) is 0 Å². The lowest BCUT2D eigenvalue weighted by Crippen LogP contribution is -2.40. The number of carbonyl (C=O) groups is 2. The summed E-state index contributed by atoms with van der Waals surface area (Å²) < 4.78 is 5.53. The SMILES string of the molecule is CCOc1ccc(N2C(=O)CC(c3ccc(N(C)C)cc3)C3=C2CCCC3=O)cc1. The molecule has 0 saturated carbocycles. The van der Waals surface area contributed by atoms with Crippen LogP contribution in [0.3, 0.4) is 0 Å². The van der Waals surface area contributed by atoms with Crippen LogP contribution in [0.4, 0.5) is 11.4 Å². The van der Waals surface area contributed by atoms with Gasteiger partial charge in [0.15, 0.2) is 5.78 Å². The molecule has 1 unspecified atom stereocenters. The van der Waals surface area contributed by atoms with Crippen LogP contribution in [0.1, 0.15) is 44.1 Å². The second-order valence-corrected chi connectivity index (χ2v) is 8.04. The van der Waals surface area contributed by atoms with Crippen molar-refractivity contribution in [1.82, 2.24) is 0 Å². The van der Waals surface area contributed by atoms with Crippen molar-refractivity contribution in [1.29, 1.82) is 0 Å². The Hall–Kier alpha value is -3.08. The molecular formula is C25H28N2O3. The summed E-state index contributed by atoms with van der Waals surface area (Å²) in [5.74, 6) is 0.810. The molecule has 1 aliphatic heterocycles. The van der Waals surface area contributed by atoms with E-state index < -0.39 is 0 Å². The standard InChI is InChI=1S/C25H28N2O3/c1-4-30-20-14-12-19(13-15-20)27-22-6-5-7-23(28)25(22)21(16-24(27)29)17-8-10-18(11-9-17)26(2)3/h8-15,21H,4-7,16H2,1-3H3. The van der Waals surface area contributed by atoms with Crippen LogP contribution >= 0.6 is 0 Å². The van der Waals surface area contributed by atoms with Gasteiger partial charge in [0.25, 0.3) is 0 Å². The molecule has 1 amide bonds. The van der Waals surface area contributed by atoms with Crippen LogP contribution in [0.2, 0.25) is 0 Å². The number of carbonyl (C=O) groups excluding carboxylic acids is 2.